The summed E-state index contributed by atoms with van der Waals surface area (Å²) in [5.41, 5.74) is 0. The van der Waals surface area contributed by atoms with E-state index in [9.17, 15) is 0 Å². The van der Waals surface area contributed by atoms with Crippen molar-refractivity contribution >= 4 is 0 Å². The molecule has 0 aromatic heterocycles. The largest absolute Gasteiger partial charge is 0.333 e. The standard InChI is InChI=1S/C8H18O5/c1-5-11-7(9-3)13-8(10-4)12-6-2/h7-8H,5-6H2,1-4H3. The van der Waals surface area contributed by atoms with E-state index in [-0.39, 0.29) is 0 Å². The Morgan fingerprint density at radius 1 is 0.846 bits per heavy atom. The van der Waals surface area contributed by atoms with Crippen LogP contribution in [-0.4, -0.2) is 40.4 Å². The van der Waals surface area contributed by atoms with Crippen molar-refractivity contribution in [2.45, 2.75) is 26.8 Å². The van der Waals surface area contributed by atoms with E-state index in [1.165, 1.54) is 14.2 Å². The Balaban J connectivity index is 3.73. The summed E-state index contributed by atoms with van der Waals surface area (Å²) in [6, 6.07) is 0. The van der Waals surface area contributed by atoms with Crippen molar-refractivity contribution in [3.8, 4) is 0 Å². The predicted octanol–water partition coefficient (Wildman–Crippen LogP) is 0.936. The highest BCUT2D eigenvalue weighted by Gasteiger charge is 2.15. The van der Waals surface area contributed by atoms with Crippen LogP contribution in [0.5, 0.6) is 0 Å². The van der Waals surface area contributed by atoms with Crippen LogP contribution < -0.4 is 0 Å². The maximum Gasteiger partial charge on any atom is 0.275 e. The first-order chi connectivity index (χ1) is 6.28. The predicted molar refractivity (Wildman–Crippen MR) is 45.9 cm³/mol. The molecule has 5 nitrogen and oxygen atoms in total. The third-order valence-corrected chi connectivity index (χ3v) is 1.21. The van der Waals surface area contributed by atoms with Gasteiger partial charge in [0, 0.05) is 27.4 Å². The molecule has 0 saturated heterocycles. The lowest BCUT2D eigenvalue weighted by atomic mass is 10.8. The van der Waals surface area contributed by atoms with Gasteiger partial charge in [-0.05, 0) is 13.8 Å². The molecule has 0 N–H and O–H groups in total. The van der Waals surface area contributed by atoms with Gasteiger partial charge in [-0.25, -0.2) is 0 Å². The Hall–Kier alpha value is -0.200. The monoisotopic (exact) mass is 194 g/mol. The molecule has 0 aliphatic rings. The fourth-order valence-corrected chi connectivity index (χ4v) is 0.689. The molecule has 0 rings (SSSR count). The Bertz CT molecular complexity index is 96.7. The average Bonchev–Trinajstić information content (AvgIpc) is 2.16. The summed E-state index contributed by atoms with van der Waals surface area (Å²) in [4.78, 5) is 0. The molecule has 0 saturated carbocycles. The fourth-order valence-electron chi connectivity index (χ4n) is 0.689. The van der Waals surface area contributed by atoms with E-state index in [0.29, 0.717) is 13.2 Å². The third-order valence-electron chi connectivity index (χ3n) is 1.21. The molecule has 0 radical (unpaired) electrons. The van der Waals surface area contributed by atoms with Crippen LogP contribution in [0, 0.1) is 0 Å². The van der Waals surface area contributed by atoms with Crippen molar-refractivity contribution < 1.29 is 23.7 Å². The van der Waals surface area contributed by atoms with E-state index < -0.39 is 13.0 Å². The molecule has 0 aliphatic heterocycles. The molecule has 0 amide bonds. The SMILES string of the molecule is CCOC(OC)OC(OC)OCC. The van der Waals surface area contributed by atoms with E-state index in [1.54, 1.807) is 0 Å². The molecule has 2 unspecified atom stereocenters. The lowest BCUT2D eigenvalue weighted by Gasteiger charge is -2.21. The molecule has 13 heavy (non-hydrogen) atoms. The van der Waals surface area contributed by atoms with Gasteiger partial charge < -0.3 is 18.9 Å². The molecule has 2 atom stereocenters. The molecule has 0 heterocycles. The van der Waals surface area contributed by atoms with Crippen LogP contribution in [0.25, 0.3) is 0 Å². The zero-order valence-corrected chi connectivity index (χ0v) is 8.61. The number of ether oxygens (including phenoxy) is 5. The number of hydrogen-bond donors (Lipinski definition) is 0. The zero-order chi connectivity index (χ0) is 10.1. The molecule has 0 spiro atoms. The van der Waals surface area contributed by atoms with E-state index >= 15 is 0 Å². The number of hydrogen-bond acceptors (Lipinski definition) is 5. The van der Waals surface area contributed by atoms with Gasteiger partial charge in [0.15, 0.2) is 0 Å². The second-order valence-electron chi connectivity index (χ2n) is 2.10. The van der Waals surface area contributed by atoms with Crippen molar-refractivity contribution in [3.63, 3.8) is 0 Å². The maximum absolute atomic E-state index is 5.14. The summed E-state index contributed by atoms with van der Waals surface area (Å²) in [7, 11) is 2.97. The van der Waals surface area contributed by atoms with Crippen molar-refractivity contribution in [1.29, 1.82) is 0 Å². The van der Waals surface area contributed by atoms with Crippen molar-refractivity contribution in [1.82, 2.24) is 0 Å². The molecule has 0 aromatic carbocycles. The highest BCUT2D eigenvalue weighted by molar-refractivity contribution is 4.25. The second-order valence-corrected chi connectivity index (χ2v) is 2.10. The third kappa shape index (κ3) is 5.95. The quantitative estimate of drug-likeness (QED) is 0.538. The lowest BCUT2D eigenvalue weighted by Crippen LogP contribution is -2.29. The summed E-state index contributed by atoms with van der Waals surface area (Å²) in [5.74, 6) is 0. The van der Waals surface area contributed by atoms with Gasteiger partial charge in [-0.3, -0.25) is 4.74 Å². The van der Waals surface area contributed by atoms with Crippen LogP contribution >= 0.6 is 0 Å². The Kier molecular flexibility index (Phi) is 8.27. The molecule has 0 aliphatic carbocycles. The van der Waals surface area contributed by atoms with Gasteiger partial charge in [0.25, 0.3) is 13.0 Å². The van der Waals surface area contributed by atoms with Gasteiger partial charge in [0.1, 0.15) is 0 Å². The summed E-state index contributed by atoms with van der Waals surface area (Å²) in [5, 5.41) is 0. The van der Waals surface area contributed by atoms with Crippen LogP contribution in [-0.2, 0) is 23.7 Å². The van der Waals surface area contributed by atoms with Crippen LogP contribution in [0.15, 0.2) is 0 Å². The Morgan fingerprint density at radius 2 is 1.23 bits per heavy atom. The summed E-state index contributed by atoms with van der Waals surface area (Å²) >= 11 is 0. The maximum atomic E-state index is 5.14. The Labute approximate surface area is 78.9 Å². The topological polar surface area (TPSA) is 46.2 Å². The Morgan fingerprint density at radius 3 is 1.46 bits per heavy atom. The van der Waals surface area contributed by atoms with Crippen molar-refractivity contribution in [2.75, 3.05) is 27.4 Å². The first kappa shape index (κ1) is 12.8. The van der Waals surface area contributed by atoms with E-state index in [1.807, 2.05) is 13.8 Å². The van der Waals surface area contributed by atoms with Gasteiger partial charge in [-0.1, -0.05) is 0 Å². The van der Waals surface area contributed by atoms with Gasteiger partial charge in [0.05, 0.1) is 0 Å². The fraction of sp³-hybridized carbons (Fsp3) is 1.00. The molecular weight excluding hydrogens is 176 g/mol. The van der Waals surface area contributed by atoms with E-state index in [4.69, 9.17) is 23.7 Å². The average molecular weight is 194 g/mol. The van der Waals surface area contributed by atoms with Crippen molar-refractivity contribution in [2.24, 2.45) is 0 Å². The molecule has 0 bridgehead atoms. The minimum Gasteiger partial charge on any atom is -0.333 e. The molecule has 0 fully saturated rings. The van der Waals surface area contributed by atoms with Gasteiger partial charge in [-0.15, -0.1) is 0 Å². The molecule has 0 aromatic rings. The molecule has 5 heteroatoms. The number of methoxy groups -OCH3 is 2. The van der Waals surface area contributed by atoms with Gasteiger partial charge in [0.2, 0.25) is 0 Å². The highest BCUT2D eigenvalue weighted by Crippen LogP contribution is 2.03. The first-order valence-electron chi connectivity index (χ1n) is 4.22. The molecular formula is C8H18O5. The van der Waals surface area contributed by atoms with Crippen LogP contribution in [0.2, 0.25) is 0 Å². The normalized spacial score (nSPS) is 15.7. The van der Waals surface area contributed by atoms with Crippen LogP contribution in [0.3, 0.4) is 0 Å². The summed E-state index contributed by atoms with van der Waals surface area (Å²) < 4.78 is 25.0. The summed E-state index contributed by atoms with van der Waals surface area (Å²) in [6.45, 7) is 3.20. The number of rotatable bonds is 8. The minimum atomic E-state index is -0.749. The van der Waals surface area contributed by atoms with Gasteiger partial charge in [-0.2, -0.15) is 0 Å². The van der Waals surface area contributed by atoms with Crippen LogP contribution in [0.1, 0.15) is 13.8 Å². The summed E-state index contributed by atoms with van der Waals surface area (Å²) in [6.07, 6.45) is 0. The highest BCUT2D eigenvalue weighted by atomic mass is 16.9. The van der Waals surface area contributed by atoms with E-state index in [2.05, 4.69) is 0 Å². The smallest absolute Gasteiger partial charge is 0.275 e. The molecule has 80 valence electrons. The minimum absolute atomic E-state index is 0.501. The van der Waals surface area contributed by atoms with Crippen LogP contribution in [0.4, 0.5) is 0 Å². The second kappa shape index (κ2) is 8.40. The lowest BCUT2D eigenvalue weighted by molar-refractivity contribution is -0.387. The van der Waals surface area contributed by atoms with Gasteiger partial charge >= 0.3 is 0 Å². The van der Waals surface area contributed by atoms with E-state index in [0.717, 1.165) is 0 Å². The first-order valence-corrected chi connectivity index (χ1v) is 4.22. The van der Waals surface area contributed by atoms with Crippen molar-refractivity contribution in [3.05, 3.63) is 0 Å². The zero-order valence-electron chi connectivity index (χ0n) is 8.61.